The fraction of sp³-hybridized carbons (Fsp3) is 0.238. The number of nitro groups is 1. The van der Waals surface area contributed by atoms with Crippen molar-refractivity contribution in [2.75, 3.05) is 11.9 Å². The average molecular weight is 394 g/mol. The minimum Gasteiger partial charge on any atom is -0.493 e. The van der Waals surface area contributed by atoms with Crippen LogP contribution in [0.4, 0.5) is 11.5 Å². The number of nitro benzene ring substituents is 1. The summed E-state index contributed by atoms with van der Waals surface area (Å²) in [5.74, 6) is 1.02. The Morgan fingerprint density at radius 3 is 2.38 bits per heavy atom. The number of hydrogen-bond acceptors (Lipinski definition) is 5. The van der Waals surface area contributed by atoms with Gasteiger partial charge in [-0.15, -0.1) is 0 Å². The molecule has 0 aliphatic heterocycles. The van der Waals surface area contributed by atoms with Gasteiger partial charge in [0.15, 0.2) is 0 Å². The quantitative estimate of drug-likeness (QED) is 0.480. The van der Waals surface area contributed by atoms with Crippen LogP contribution in [0.25, 0.3) is 5.69 Å². The predicted octanol–water partition coefficient (Wildman–Crippen LogP) is 4.11. The molecule has 8 nitrogen and oxygen atoms in total. The van der Waals surface area contributed by atoms with Gasteiger partial charge >= 0.3 is 0 Å². The van der Waals surface area contributed by atoms with Crippen LogP contribution in [0.3, 0.4) is 0 Å². The Morgan fingerprint density at radius 2 is 1.76 bits per heavy atom. The summed E-state index contributed by atoms with van der Waals surface area (Å²) >= 11 is 0. The molecule has 2 aromatic carbocycles. The normalized spacial score (nSPS) is 10.6. The van der Waals surface area contributed by atoms with Crippen molar-refractivity contribution in [3.05, 3.63) is 75.5 Å². The van der Waals surface area contributed by atoms with Crippen LogP contribution in [-0.2, 0) is 4.79 Å². The zero-order valence-electron chi connectivity index (χ0n) is 16.5. The molecule has 3 aromatic rings. The van der Waals surface area contributed by atoms with Gasteiger partial charge in [-0.2, -0.15) is 5.10 Å². The maximum atomic E-state index is 12.4. The van der Waals surface area contributed by atoms with E-state index >= 15 is 0 Å². The summed E-state index contributed by atoms with van der Waals surface area (Å²) in [5, 5.41) is 18.0. The largest absolute Gasteiger partial charge is 0.493 e. The minimum atomic E-state index is -0.462. The third-order valence-electron chi connectivity index (χ3n) is 4.20. The predicted molar refractivity (Wildman–Crippen MR) is 110 cm³/mol. The molecule has 0 radical (unpaired) electrons. The van der Waals surface area contributed by atoms with Gasteiger partial charge in [0, 0.05) is 18.2 Å². The molecule has 8 heteroatoms. The SMILES string of the molecule is Cc1cc(C)cc(OCCC(=O)Nc2cc(C)nn2-c2ccc([N+](=O)[O-])cc2)c1. The van der Waals surface area contributed by atoms with Gasteiger partial charge in [-0.05, 0) is 56.2 Å². The molecule has 0 aliphatic rings. The van der Waals surface area contributed by atoms with Gasteiger partial charge in [0.05, 0.1) is 29.3 Å². The lowest BCUT2D eigenvalue weighted by molar-refractivity contribution is -0.384. The Morgan fingerprint density at radius 1 is 1.10 bits per heavy atom. The summed E-state index contributed by atoms with van der Waals surface area (Å²) < 4.78 is 7.23. The Kier molecular flexibility index (Phi) is 5.92. The van der Waals surface area contributed by atoms with E-state index in [1.165, 1.54) is 12.1 Å². The molecule has 0 fully saturated rings. The van der Waals surface area contributed by atoms with Crippen molar-refractivity contribution in [2.45, 2.75) is 27.2 Å². The lowest BCUT2D eigenvalue weighted by atomic mass is 10.1. The van der Waals surface area contributed by atoms with E-state index in [1.54, 1.807) is 29.8 Å². The van der Waals surface area contributed by atoms with Crippen molar-refractivity contribution < 1.29 is 14.5 Å². The fourth-order valence-electron chi connectivity index (χ4n) is 2.98. The number of carbonyl (C=O) groups excluding carboxylic acids is 1. The van der Waals surface area contributed by atoms with E-state index < -0.39 is 4.92 Å². The van der Waals surface area contributed by atoms with Crippen LogP contribution in [0.5, 0.6) is 5.75 Å². The standard InChI is InChI=1S/C21H22N4O4/c1-14-10-15(2)12-19(11-14)29-9-8-21(26)22-20-13-16(3)23-24(20)17-4-6-18(7-5-17)25(27)28/h4-7,10-13H,8-9H2,1-3H3,(H,22,26). The molecule has 3 rings (SSSR count). The molecular weight excluding hydrogens is 372 g/mol. The highest BCUT2D eigenvalue weighted by atomic mass is 16.6. The highest BCUT2D eigenvalue weighted by molar-refractivity contribution is 5.90. The highest BCUT2D eigenvalue weighted by Gasteiger charge is 2.13. The van der Waals surface area contributed by atoms with E-state index in [-0.39, 0.29) is 24.6 Å². The molecule has 0 saturated carbocycles. The number of aryl methyl sites for hydroxylation is 3. The van der Waals surface area contributed by atoms with Crippen LogP contribution in [-0.4, -0.2) is 27.2 Å². The summed E-state index contributed by atoms with van der Waals surface area (Å²) in [5.41, 5.74) is 3.53. The maximum absolute atomic E-state index is 12.4. The zero-order chi connectivity index (χ0) is 21.0. The van der Waals surface area contributed by atoms with Gasteiger partial charge < -0.3 is 10.1 Å². The molecule has 0 atom stereocenters. The van der Waals surface area contributed by atoms with Gasteiger partial charge in [-0.25, -0.2) is 4.68 Å². The number of aromatic nitrogens is 2. The van der Waals surface area contributed by atoms with Crippen LogP contribution < -0.4 is 10.1 Å². The zero-order valence-corrected chi connectivity index (χ0v) is 16.5. The average Bonchev–Trinajstić information content (AvgIpc) is 3.01. The first-order valence-electron chi connectivity index (χ1n) is 9.14. The summed E-state index contributed by atoms with van der Waals surface area (Å²) in [6.07, 6.45) is 0.178. The molecule has 1 N–H and O–H groups in total. The number of benzene rings is 2. The number of non-ortho nitro benzene ring substituents is 1. The van der Waals surface area contributed by atoms with Gasteiger partial charge in [0.2, 0.25) is 5.91 Å². The van der Waals surface area contributed by atoms with Crippen molar-refractivity contribution in [1.82, 2.24) is 9.78 Å². The second-order valence-corrected chi connectivity index (χ2v) is 6.83. The van der Waals surface area contributed by atoms with Crippen molar-refractivity contribution in [1.29, 1.82) is 0 Å². The van der Waals surface area contributed by atoms with Crippen LogP contribution in [0, 0.1) is 30.9 Å². The van der Waals surface area contributed by atoms with Crippen molar-refractivity contribution in [3.63, 3.8) is 0 Å². The van der Waals surface area contributed by atoms with Crippen LogP contribution >= 0.6 is 0 Å². The van der Waals surface area contributed by atoms with Crippen molar-refractivity contribution >= 4 is 17.4 Å². The van der Waals surface area contributed by atoms with Gasteiger partial charge in [0.25, 0.3) is 5.69 Å². The number of nitrogens with one attached hydrogen (secondary N) is 1. The fourth-order valence-corrected chi connectivity index (χ4v) is 2.98. The van der Waals surface area contributed by atoms with Gasteiger partial charge in [-0.1, -0.05) is 6.07 Å². The first-order chi connectivity index (χ1) is 13.8. The molecule has 150 valence electrons. The Labute approximate surface area is 168 Å². The Balaban J connectivity index is 1.64. The van der Waals surface area contributed by atoms with Gasteiger partial charge in [0.1, 0.15) is 11.6 Å². The molecule has 29 heavy (non-hydrogen) atoms. The second-order valence-electron chi connectivity index (χ2n) is 6.83. The first-order valence-corrected chi connectivity index (χ1v) is 9.14. The Hall–Kier alpha value is -3.68. The lowest BCUT2D eigenvalue weighted by Gasteiger charge is -2.10. The minimum absolute atomic E-state index is 0.00764. The number of anilines is 1. The van der Waals surface area contributed by atoms with E-state index in [1.807, 2.05) is 26.0 Å². The summed E-state index contributed by atoms with van der Waals surface area (Å²) in [6, 6.07) is 13.6. The number of hydrogen-bond donors (Lipinski definition) is 1. The molecule has 1 amide bonds. The third kappa shape index (κ3) is 5.19. The monoisotopic (exact) mass is 394 g/mol. The molecule has 0 bridgehead atoms. The molecule has 0 aliphatic carbocycles. The molecular formula is C21H22N4O4. The number of rotatable bonds is 7. The first kappa shape index (κ1) is 20.1. The van der Waals surface area contributed by atoms with E-state index in [0.29, 0.717) is 17.2 Å². The Bertz CT molecular complexity index is 1020. The topological polar surface area (TPSA) is 99.3 Å². The van der Waals surface area contributed by atoms with E-state index in [0.717, 1.165) is 16.9 Å². The molecule has 0 unspecified atom stereocenters. The molecule has 0 spiro atoms. The summed E-state index contributed by atoms with van der Waals surface area (Å²) in [4.78, 5) is 22.7. The van der Waals surface area contributed by atoms with Crippen LogP contribution in [0.2, 0.25) is 0 Å². The van der Waals surface area contributed by atoms with Crippen LogP contribution in [0.1, 0.15) is 23.2 Å². The smallest absolute Gasteiger partial charge is 0.269 e. The maximum Gasteiger partial charge on any atom is 0.269 e. The van der Waals surface area contributed by atoms with Gasteiger partial charge in [-0.3, -0.25) is 14.9 Å². The van der Waals surface area contributed by atoms with Crippen molar-refractivity contribution in [3.8, 4) is 11.4 Å². The van der Waals surface area contributed by atoms with Crippen LogP contribution in [0.15, 0.2) is 48.5 Å². The number of ether oxygens (including phenoxy) is 1. The molecule has 1 heterocycles. The van der Waals surface area contributed by atoms with E-state index in [9.17, 15) is 14.9 Å². The number of amides is 1. The van der Waals surface area contributed by atoms with E-state index in [4.69, 9.17) is 4.74 Å². The number of carbonyl (C=O) groups is 1. The number of nitrogens with zero attached hydrogens (tertiary/aromatic N) is 3. The lowest BCUT2D eigenvalue weighted by Crippen LogP contribution is -2.17. The summed E-state index contributed by atoms with van der Waals surface area (Å²) in [7, 11) is 0. The molecule has 1 aromatic heterocycles. The van der Waals surface area contributed by atoms with Crippen molar-refractivity contribution in [2.24, 2.45) is 0 Å². The molecule has 0 saturated heterocycles. The van der Waals surface area contributed by atoms with E-state index in [2.05, 4.69) is 16.5 Å². The second kappa shape index (κ2) is 8.55. The third-order valence-corrected chi connectivity index (χ3v) is 4.20. The highest BCUT2D eigenvalue weighted by Crippen LogP contribution is 2.20. The summed E-state index contributed by atoms with van der Waals surface area (Å²) in [6.45, 7) is 6.04.